The summed E-state index contributed by atoms with van der Waals surface area (Å²) in [5.74, 6) is 0.123. The predicted octanol–water partition coefficient (Wildman–Crippen LogP) is 6.12. The van der Waals surface area contributed by atoms with Gasteiger partial charge in [-0.05, 0) is 49.4 Å². The fourth-order valence-corrected chi connectivity index (χ4v) is 2.96. The lowest BCUT2D eigenvalue weighted by Crippen LogP contribution is -2.12. The van der Waals surface area contributed by atoms with E-state index in [1.807, 2.05) is 0 Å². The minimum atomic E-state index is -0.340. The van der Waals surface area contributed by atoms with Crippen molar-refractivity contribution in [3.8, 4) is 5.75 Å². The Hall–Kier alpha value is -1.55. The minimum absolute atomic E-state index is 0.145. The number of hydrogen-bond donors (Lipinski definition) is 1. The molecule has 154 valence electrons. The van der Waals surface area contributed by atoms with Crippen LogP contribution in [0, 0.1) is 5.92 Å². The maximum atomic E-state index is 11.9. The highest BCUT2D eigenvalue weighted by atomic mass is 16.5. The Morgan fingerprint density at radius 1 is 0.926 bits per heavy atom. The van der Waals surface area contributed by atoms with Crippen LogP contribution >= 0.6 is 0 Å². The zero-order valence-electron chi connectivity index (χ0n) is 17.3. The van der Waals surface area contributed by atoms with Gasteiger partial charge >= 0.3 is 5.97 Å². The number of aromatic hydroxyl groups is 1. The third-order valence-corrected chi connectivity index (χ3v) is 4.73. The van der Waals surface area contributed by atoms with Gasteiger partial charge < -0.3 is 14.6 Å². The molecule has 1 rings (SSSR count). The Bertz CT molecular complexity index is 484. The van der Waals surface area contributed by atoms with Crippen LogP contribution in [0.1, 0.15) is 88.4 Å². The van der Waals surface area contributed by atoms with E-state index in [2.05, 4.69) is 13.8 Å². The first-order valence-electron chi connectivity index (χ1n) is 10.7. The minimum Gasteiger partial charge on any atom is -0.508 e. The average molecular weight is 379 g/mol. The smallest absolute Gasteiger partial charge is 0.338 e. The number of unbranched alkanes of at least 4 members (excludes halogenated alkanes) is 7. The van der Waals surface area contributed by atoms with Gasteiger partial charge in [-0.15, -0.1) is 0 Å². The molecule has 0 saturated carbocycles. The Morgan fingerprint density at radius 3 is 2.19 bits per heavy atom. The van der Waals surface area contributed by atoms with E-state index in [1.165, 1.54) is 57.1 Å². The molecular formula is C23H38O4. The number of esters is 1. The van der Waals surface area contributed by atoms with Crippen LogP contribution in [0.2, 0.25) is 0 Å². The van der Waals surface area contributed by atoms with Crippen molar-refractivity contribution in [1.29, 1.82) is 0 Å². The van der Waals surface area contributed by atoms with E-state index in [0.29, 0.717) is 18.1 Å². The molecule has 0 aliphatic carbocycles. The second-order valence-corrected chi connectivity index (χ2v) is 7.48. The summed E-state index contributed by atoms with van der Waals surface area (Å²) in [6, 6.07) is 6.12. The number of ether oxygens (including phenoxy) is 2. The molecule has 1 unspecified atom stereocenters. The molecule has 1 aromatic carbocycles. The zero-order valence-corrected chi connectivity index (χ0v) is 17.3. The molecule has 0 heterocycles. The first-order valence-corrected chi connectivity index (χ1v) is 10.7. The van der Waals surface area contributed by atoms with E-state index < -0.39 is 0 Å². The molecule has 0 bridgehead atoms. The highest BCUT2D eigenvalue weighted by molar-refractivity contribution is 5.89. The summed E-state index contributed by atoms with van der Waals surface area (Å²) in [5, 5.41) is 9.23. The summed E-state index contributed by atoms with van der Waals surface area (Å²) >= 11 is 0. The number of hydrogen-bond acceptors (Lipinski definition) is 4. The Balaban J connectivity index is 1.92. The highest BCUT2D eigenvalue weighted by Gasteiger charge is 2.10. The van der Waals surface area contributed by atoms with Crippen molar-refractivity contribution in [1.82, 2.24) is 0 Å². The fraction of sp³-hybridized carbons (Fsp3) is 0.696. The van der Waals surface area contributed by atoms with Crippen molar-refractivity contribution in [3.05, 3.63) is 29.8 Å². The summed E-state index contributed by atoms with van der Waals surface area (Å²) in [7, 11) is 0. The van der Waals surface area contributed by atoms with Crippen molar-refractivity contribution in [3.63, 3.8) is 0 Å². The molecular weight excluding hydrogens is 340 g/mol. The van der Waals surface area contributed by atoms with Gasteiger partial charge in [0.1, 0.15) is 5.75 Å². The maximum Gasteiger partial charge on any atom is 0.338 e. The molecule has 0 saturated heterocycles. The number of carbonyl (C=O) groups is 1. The van der Waals surface area contributed by atoms with E-state index in [4.69, 9.17) is 9.47 Å². The van der Waals surface area contributed by atoms with Gasteiger partial charge in [-0.25, -0.2) is 4.79 Å². The molecule has 0 fully saturated rings. The van der Waals surface area contributed by atoms with Crippen molar-refractivity contribution in [2.24, 2.45) is 5.92 Å². The summed E-state index contributed by atoms with van der Waals surface area (Å²) in [5.41, 5.74) is 0.466. The Labute approximate surface area is 165 Å². The quantitative estimate of drug-likeness (QED) is 0.278. The molecule has 4 heteroatoms. The van der Waals surface area contributed by atoms with E-state index in [1.54, 1.807) is 12.1 Å². The third-order valence-electron chi connectivity index (χ3n) is 4.73. The van der Waals surface area contributed by atoms with Crippen LogP contribution in [0.25, 0.3) is 0 Å². The first kappa shape index (κ1) is 23.5. The molecule has 0 amide bonds. The molecule has 27 heavy (non-hydrogen) atoms. The SMILES string of the molecule is CCCCCCCCCCOCCCC(C)COC(=O)c1ccc(O)cc1. The molecule has 0 aliphatic rings. The van der Waals surface area contributed by atoms with E-state index in [9.17, 15) is 9.90 Å². The molecule has 0 spiro atoms. The lowest BCUT2D eigenvalue weighted by atomic mass is 10.1. The summed E-state index contributed by atoms with van der Waals surface area (Å²) in [6.07, 6.45) is 12.6. The van der Waals surface area contributed by atoms with Crippen LogP contribution in [0.3, 0.4) is 0 Å². The number of rotatable bonds is 16. The lowest BCUT2D eigenvalue weighted by Gasteiger charge is -2.12. The Morgan fingerprint density at radius 2 is 1.52 bits per heavy atom. The monoisotopic (exact) mass is 378 g/mol. The maximum absolute atomic E-state index is 11.9. The fourth-order valence-electron chi connectivity index (χ4n) is 2.96. The number of benzene rings is 1. The zero-order chi connectivity index (χ0) is 19.7. The van der Waals surface area contributed by atoms with Gasteiger partial charge in [0.2, 0.25) is 0 Å². The standard InChI is InChI=1S/C23H38O4/c1-3-4-5-6-7-8-9-10-17-26-18-11-12-20(2)19-27-23(25)21-13-15-22(24)16-14-21/h13-16,20,24H,3-12,17-19H2,1-2H3. The Kier molecular flexibility index (Phi) is 13.5. The van der Waals surface area contributed by atoms with Crippen molar-refractivity contribution in [2.75, 3.05) is 19.8 Å². The normalized spacial score (nSPS) is 12.1. The number of carbonyl (C=O) groups excluding carboxylic acids is 1. The van der Waals surface area contributed by atoms with Crippen LogP contribution < -0.4 is 0 Å². The summed E-state index contributed by atoms with van der Waals surface area (Å²) < 4.78 is 11.0. The molecule has 1 N–H and O–H groups in total. The summed E-state index contributed by atoms with van der Waals surface area (Å²) in [6.45, 7) is 6.40. The third kappa shape index (κ3) is 12.5. The van der Waals surface area contributed by atoms with E-state index >= 15 is 0 Å². The molecule has 1 aromatic rings. The van der Waals surface area contributed by atoms with Crippen LogP contribution in [0.4, 0.5) is 0 Å². The van der Waals surface area contributed by atoms with E-state index in [-0.39, 0.29) is 11.7 Å². The first-order chi connectivity index (χ1) is 13.1. The number of phenolic OH excluding ortho intramolecular Hbond substituents is 1. The average Bonchev–Trinajstić information content (AvgIpc) is 2.67. The van der Waals surface area contributed by atoms with Gasteiger partial charge in [-0.1, -0.05) is 58.8 Å². The molecule has 0 radical (unpaired) electrons. The highest BCUT2D eigenvalue weighted by Crippen LogP contribution is 2.13. The van der Waals surface area contributed by atoms with Crippen LogP contribution in [0.15, 0.2) is 24.3 Å². The van der Waals surface area contributed by atoms with Gasteiger partial charge in [0, 0.05) is 13.2 Å². The van der Waals surface area contributed by atoms with Gasteiger partial charge in [-0.3, -0.25) is 0 Å². The van der Waals surface area contributed by atoms with Gasteiger partial charge in [0.15, 0.2) is 0 Å². The molecule has 0 aliphatic heterocycles. The topological polar surface area (TPSA) is 55.8 Å². The van der Waals surface area contributed by atoms with Gasteiger partial charge in [0.05, 0.1) is 12.2 Å². The molecule has 0 aromatic heterocycles. The van der Waals surface area contributed by atoms with Gasteiger partial charge in [-0.2, -0.15) is 0 Å². The predicted molar refractivity (Wildman–Crippen MR) is 110 cm³/mol. The summed E-state index contributed by atoms with van der Waals surface area (Å²) in [4.78, 5) is 11.9. The van der Waals surface area contributed by atoms with Crippen LogP contribution in [0.5, 0.6) is 5.75 Å². The van der Waals surface area contributed by atoms with E-state index in [0.717, 1.165) is 32.5 Å². The van der Waals surface area contributed by atoms with Crippen molar-refractivity contribution < 1.29 is 19.4 Å². The van der Waals surface area contributed by atoms with Crippen LogP contribution in [-0.4, -0.2) is 30.9 Å². The largest absolute Gasteiger partial charge is 0.508 e. The van der Waals surface area contributed by atoms with Crippen molar-refractivity contribution >= 4 is 5.97 Å². The van der Waals surface area contributed by atoms with Gasteiger partial charge in [0.25, 0.3) is 0 Å². The number of phenols is 1. The van der Waals surface area contributed by atoms with Crippen LogP contribution in [-0.2, 0) is 9.47 Å². The molecule has 1 atom stereocenters. The second kappa shape index (κ2) is 15.5. The van der Waals surface area contributed by atoms with Crippen molar-refractivity contribution in [2.45, 2.75) is 78.1 Å². The molecule has 4 nitrogen and oxygen atoms in total. The second-order valence-electron chi connectivity index (χ2n) is 7.48. The lowest BCUT2D eigenvalue weighted by molar-refractivity contribution is 0.0434.